The van der Waals surface area contributed by atoms with Crippen LogP contribution in [0.15, 0.2) is 61.2 Å². The Hall–Kier alpha value is -6.83. The third-order valence-corrected chi connectivity index (χ3v) is 16.1. The predicted octanol–water partition coefficient (Wildman–Crippen LogP) is 2.30. The number of halogens is 1. The number of aliphatic hydroxyl groups excluding tert-OH is 5. The molecule has 81 heavy (non-hydrogen) atoms. The van der Waals surface area contributed by atoms with E-state index in [1.807, 2.05) is 12.1 Å². The summed E-state index contributed by atoms with van der Waals surface area (Å²) >= 11 is 0. The summed E-state index contributed by atoms with van der Waals surface area (Å²) < 4.78 is 75.9. The highest BCUT2D eigenvalue weighted by atomic mass is 31.2. The minimum absolute atomic E-state index is 0. The molecule has 1 aromatic carbocycles. The number of ether oxygens (including phenoxy) is 4. The molecule has 442 valence electrons. The lowest BCUT2D eigenvalue weighted by Gasteiger charge is -2.28. The number of rotatable bonds is 17. The number of anilines is 2. The molecular formula is C48H66FN13O17P2. The highest BCUT2D eigenvalue weighted by molar-refractivity contribution is 7.56. The summed E-state index contributed by atoms with van der Waals surface area (Å²) in [7, 11) is -7.86. The minimum atomic E-state index is -3.54. The standard InChI is InChI=1S/C20H27N6O7P.C14H19N2O6P.C12H13N5O4.CH3F.CH4/c1-11(19(29)32-12-4-3-5-12)25-34(2,30)31-8-14-16(27)17(28)20(9-21,33-14)15-7-6-13-18(22)23-10-24-26(13)15;1-10(14(17)21-12-4-3-5-12)15-23(2,20)22-13-8-6-11(7-9-13)16(18)19;13-4-12(10(20)9(19)7(3-18)21-12)8-2-1-6-11(14)15-5-16-17(6)8;1-2;/h6-7,10-12,14,16-17,27-28H,3-5,8H2,1-2H3,(H,25,30)(H2,22,23,24);6-10,12H,3-5H2,1-2H3,(H,15,20);1-2,5,7,9-10,18-20H,3H2,(H2,14,15,16);1H3;1H4/t11-,14+,16+,17+,20-,34?;10-,23?;7-,9-,10-,12+;;/m001../s1/i;;;1D;. The topological polar surface area (TPSA) is 452 Å². The van der Waals surface area contributed by atoms with Crippen LogP contribution in [0.5, 0.6) is 5.75 Å². The summed E-state index contributed by atoms with van der Waals surface area (Å²) in [6, 6.07) is 13.5. The average molecular weight is 1180 g/mol. The molecule has 9 rings (SSSR count). The second-order valence-electron chi connectivity index (χ2n) is 18.9. The lowest BCUT2D eigenvalue weighted by atomic mass is 9.92. The van der Waals surface area contributed by atoms with E-state index in [4.69, 9.17) is 40.8 Å². The number of benzene rings is 1. The van der Waals surface area contributed by atoms with Crippen molar-refractivity contribution in [2.75, 3.05) is 45.2 Å². The van der Waals surface area contributed by atoms with E-state index in [1.165, 1.54) is 78.3 Å². The zero-order valence-electron chi connectivity index (χ0n) is 44.5. The fourth-order valence-corrected chi connectivity index (χ4v) is 11.2. The van der Waals surface area contributed by atoms with Crippen molar-refractivity contribution >= 4 is 55.3 Å². The van der Waals surface area contributed by atoms with Gasteiger partial charge in [-0.05, 0) is 88.8 Å². The van der Waals surface area contributed by atoms with Gasteiger partial charge in [0.25, 0.3) is 13.2 Å². The van der Waals surface area contributed by atoms with Crippen LogP contribution in [0, 0.1) is 32.8 Å². The Kier molecular flexibility index (Phi) is 21.3. The van der Waals surface area contributed by atoms with E-state index in [9.17, 15) is 69.3 Å². The van der Waals surface area contributed by atoms with E-state index in [0.717, 1.165) is 38.5 Å². The van der Waals surface area contributed by atoms with Gasteiger partial charge in [-0.25, -0.2) is 29.2 Å². The van der Waals surface area contributed by atoms with Crippen molar-refractivity contribution in [3.05, 3.63) is 82.7 Å². The molecule has 2 aliphatic carbocycles. The molecule has 33 heteroatoms. The van der Waals surface area contributed by atoms with Crippen molar-refractivity contribution < 1.29 is 82.9 Å². The normalized spacial score (nSPS) is 26.3. The van der Waals surface area contributed by atoms with Crippen molar-refractivity contribution in [1.82, 2.24) is 39.4 Å². The fraction of sp³-hybridized carbons (Fsp3) is 0.542. The number of nitro groups is 1. The zero-order chi connectivity index (χ0) is 59.6. The molecule has 4 fully saturated rings. The molecule has 5 aromatic rings. The number of hydrogen-bond donors (Lipinski definition) is 9. The third-order valence-electron chi connectivity index (χ3n) is 13.2. The Balaban J connectivity index is 0.000000226. The maximum Gasteiger partial charge on any atom is 0.323 e. The molecule has 2 unspecified atom stereocenters. The Morgan fingerprint density at radius 3 is 1.63 bits per heavy atom. The average Bonchev–Trinajstić information content (AvgIpc) is 4.31. The first-order valence-corrected chi connectivity index (χ1v) is 28.7. The van der Waals surface area contributed by atoms with Crippen molar-refractivity contribution in [3.8, 4) is 17.9 Å². The number of nitriles is 2. The van der Waals surface area contributed by atoms with Gasteiger partial charge in [-0.15, -0.1) is 0 Å². The van der Waals surface area contributed by atoms with Gasteiger partial charge in [-0.3, -0.25) is 33.2 Å². The number of nitro benzene ring substituents is 1. The summed E-state index contributed by atoms with van der Waals surface area (Å²) in [5.41, 5.74) is 8.81. The van der Waals surface area contributed by atoms with Crippen LogP contribution < -0.4 is 26.2 Å². The van der Waals surface area contributed by atoms with E-state index in [-0.39, 0.29) is 54.1 Å². The number of esters is 2. The van der Waals surface area contributed by atoms with Gasteiger partial charge in [0, 0.05) is 25.5 Å². The lowest BCUT2D eigenvalue weighted by molar-refractivity contribution is -0.384. The first kappa shape index (κ1) is 63.4. The Morgan fingerprint density at radius 1 is 0.827 bits per heavy atom. The summed E-state index contributed by atoms with van der Waals surface area (Å²) in [6.45, 7) is 4.72. The number of carbonyl (C=O) groups excluding carboxylic acids is 2. The number of alkyl halides is 1. The van der Waals surface area contributed by atoms with E-state index < -0.39 is 112 Å². The van der Waals surface area contributed by atoms with Gasteiger partial charge in [0.05, 0.1) is 38.0 Å². The number of aliphatic hydroxyl groups is 5. The van der Waals surface area contributed by atoms with Gasteiger partial charge in [-0.2, -0.15) is 20.7 Å². The van der Waals surface area contributed by atoms with Gasteiger partial charge in [0.1, 0.15) is 102 Å². The van der Waals surface area contributed by atoms with Crippen molar-refractivity contribution in [2.24, 2.45) is 0 Å². The molecule has 2 saturated carbocycles. The van der Waals surface area contributed by atoms with Crippen molar-refractivity contribution in [1.29, 1.82) is 10.5 Å². The van der Waals surface area contributed by atoms with Crippen LogP contribution in [0.4, 0.5) is 21.7 Å². The molecule has 2 saturated heterocycles. The van der Waals surface area contributed by atoms with E-state index in [1.54, 1.807) is 19.1 Å². The maximum atomic E-state index is 12.9. The smallest absolute Gasteiger partial charge is 0.323 e. The second kappa shape index (κ2) is 27.3. The number of carbonyl (C=O) groups is 2. The van der Waals surface area contributed by atoms with Crippen molar-refractivity contribution in [3.63, 3.8) is 0 Å². The number of nitrogen functional groups attached to an aromatic ring is 2. The predicted molar refractivity (Wildman–Crippen MR) is 283 cm³/mol. The van der Waals surface area contributed by atoms with Crippen LogP contribution in [0.25, 0.3) is 11.0 Å². The second-order valence-corrected chi connectivity index (χ2v) is 23.2. The number of nitrogens with zero attached hydrogens (tertiary/aromatic N) is 9. The van der Waals surface area contributed by atoms with E-state index >= 15 is 0 Å². The summed E-state index contributed by atoms with van der Waals surface area (Å²) in [6.07, 6.45) is -0.741. The zero-order valence-corrected chi connectivity index (χ0v) is 45.3. The molecule has 0 bridgehead atoms. The van der Waals surface area contributed by atoms with Gasteiger partial charge in [0.15, 0.2) is 11.6 Å². The molecule has 2 aliphatic heterocycles. The monoisotopic (exact) mass is 1180 g/mol. The molecule has 4 aliphatic rings. The Bertz CT molecular complexity index is 3200. The lowest BCUT2D eigenvalue weighted by Crippen LogP contribution is -2.41. The van der Waals surface area contributed by atoms with E-state index in [2.05, 4.69) is 30.3 Å². The van der Waals surface area contributed by atoms with Crippen LogP contribution >= 0.6 is 15.0 Å². The number of nitrogens with one attached hydrogen (secondary N) is 2. The first-order valence-electron chi connectivity index (χ1n) is 25.3. The fourth-order valence-electron chi connectivity index (χ4n) is 8.54. The number of fused-ring (bicyclic) bond motifs is 2. The molecule has 12 atom stereocenters. The van der Waals surface area contributed by atoms with Crippen LogP contribution in [-0.2, 0) is 53.4 Å². The summed E-state index contributed by atoms with van der Waals surface area (Å²) in [5, 5.41) is 93.9. The summed E-state index contributed by atoms with van der Waals surface area (Å²) in [5.74, 6) is -0.424. The largest absolute Gasteiger partial charge is 0.461 e. The van der Waals surface area contributed by atoms with Crippen LogP contribution in [0.1, 0.15) is 72.6 Å². The molecule has 0 radical (unpaired) electrons. The van der Waals surface area contributed by atoms with Gasteiger partial charge < -0.3 is 65.0 Å². The quantitative estimate of drug-likeness (QED) is 0.0279. The highest BCUT2D eigenvalue weighted by Crippen LogP contribution is 2.45. The number of nitrogens with two attached hydrogens (primary N) is 2. The SMILES string of the molecule is C.C[C@H](NP(C)(=O)OC[C@H]1O[C@@](C#N)(c2ccc3c(N)ncnn23)[C@H](O)[C@@H]1O)C(=O)OC1CCC1.C[C@H](NP(C)(=O)Oc1ccc([N+](=O)[O-])cc1)C(=O)OC1CCC1.N#C[C@@]1(c2ccc3c(N)ncnn23)O[C@H](CO)[C@@H](O)[C@H]1O.[2H]CF. The van der Waals surface area contributed by atoms with Gasteiger partial charge in [0.2, 0.25) is 11.2 Å². The highest BCUT2D eigenvalue weighted by Gasteiger charge is 2.59. The maximum absolute atomic E-state index is 12.9. The first-order chi connectivity index (χ1) is 38.3. The number of aromatic nitrogens is 6. The number of non-ortho nitro benzene ring substituents is 1. The van der Waals surface area contributed by atoms with Gasteiger partial charge in [-0.1, -0.05) is 7.43 Å². The summed E-state index contributed by atoms with van der Waals surface area (Å²) in [4.78, 5) is 41.8. The molecule has 4 aromatic heterocycles. The Morgan fingerprint density at radius 2 is 1.25 bits per heavy atom. The van der Waals surface area contributed by atoms with Crippen LogP contribution in [0.2, 0.25) is 0 Å². The van der Waals surface area contributed by atoms with Crippen LogP contribution in [0.3, 0.4) is 0 Å². The van der Waals surface area contributed by atoms with E-state index in [0.29, 0.717) is 11.0 Å². The molecular weight excluding hydrogens is 1110 g/mol. The Labute approximate surface area is 464 Å². The molecule has 30 nitrogen and oxygen atoms in total. The van der Waals surface area contributed by atoms with Crippen molar-refractivity contribution in [2.45, 2.75) is 132 Å². The third kappa shape index (κ3) is 14.4. The number of hydrogen-bond acceptors (Lipinski definition) is 25. The minimum Gasteiger partial charge on any atom is -0.461 e. The molecule has 0 amide bonds. The molecule has 0 spiro atoms. The van der Waals surface area contributed by atoms with Crippen LogP contribution in [-0.4, -0.2) is 166 Å². The molecule has 11 N–H and O–H groups in total. The molecule has 6 heterocycles. The van der Waals surface area contributed by atoms with Gasteiger partial charge >= 0.3 is 19.5 Å².